The highest BCUT2D eigenvalue weighted by Crippen LogP contribution is 2.25. The summed E-state index contributed by atoms with van der Waals surface area (Å²) in [5.41, 5.74) is 0. The van der Waals surface area contributed by atoms with Crippen LogP contribution in [-0.2, 0) is 9.57 Å². The summed E-state index contributed by atoms with van der Waals surface area (Å²) in [7, 11) is 3.50. The lowest BCUT2D eigenvalue weighted by Gasteiger charge is -2.36. The molecular weight excluding hydrogens is 178 g/mol. The predicted molar refractivity (Wildman–Crippen MR) is 56.8 cm³/mol. The molecule has 0 radical (unpaired) electrons. The highest BCUT2D eigenvalue weighted by atomic mass is 16.7. The maximum absolute atomic E-state index is 5.44. The molecule has 0 N–H and O–H groups in total. The van der Waals surface area contributed by atoms with Gasteiger partial charge in [0.1, 0.15) is 6.23 Å². The van der Waals surface area contributed by atoms with E-state index in [0.29, 0.717) is 6.04 Å². The van der Waals surface area contributed by atoms with Gasteiger partial charge in [-0.1, -0.05) is 26.2 Å². The van der Waals surface area contributed by atoms with E-state index < -0.39 is 0 Å². The molecule has 0 bridgehead atoms. The molecule has 0 aromatic heterocycles. The van der Waals surface area contributed by atoms with Gasteiger partial charge in [0, 0.05) is 13.2 Å². The Morgan fingerprint density at radius 2 is 1.86 bits per heavy atom. The molecule has 1 atom stereocenters. The zero-order valence-electron chi connectivity index (χ0n) is 9.66. The molecule has 0 aliphatic heterocycles. The van der Waals surface area contributed by atoms with E-state index in [-0.39, 0.29) is 6.23 Å². The van der Waals surface area contributed by atoms with Gasteiger partial charge in [-0.3, -0.25) is 4.84 Å². The minimum Gasteiger partial charge on any atom is -0.364 e. The molecule has 14 heavy (non-hydrogen) atoms. The van der Waals surface area contributed by atoms with E-state index in [1.54, 1.807) is 14.2 Å². The van der Waals surface area contributed by atoms with Crippen LogP contribution >= 0.6 is 0 Å². The van der Waals surface area contributed by atoms with Crippen molar-refractivity contribution in [2.75, 3.05) is 14.2 Å². The third kappa shape index (κ3) is 2.94. The molecule has 0 aromatic rings. The Morgan fingerprint density at radius 1 is 1.21 bits per heavy atom. The largest absolute Gasteiger partial charge is 0.364 e. The number of ether oxygens (including phenoxy) is 1. The van der Waals surface area contributed by atoms with Crippen LogP contribution in [0, 0.1) is 0 Å². The first-order chi connectivity index (χ1) is 6.83. The van der Waals surface area contributed by atoms with Crippen LogP contribution in [0.15, 0.2) is 0 Å². The summed E-state index contributed by atoms with van der Waals surface area (Å²) < 4.78 is 5.41. The second kappa shape index (κ2) is 6.38. The maximum atomic E-state index is 5.44. The average molecular weight is 201 g/mol. The summed E-state index contributed by atoms with van der Waals surface area (Å²) in [6.45, 7) is 2.13. The smallest absolute Gasteiger partial charge is 0.132 e. The minimum absolute atomic E-state index is 0.114. The first kappa shape index (κ1) is 12.0. The van der Waals surface area contributed by atoms with Gasteiger partial charge in [0.15, 0.2) is 0 Å². The number of hydrogen-bond acceptors (Lipinski definition) is 3. The number of hydrogen-bond donors (Lipinski definition) is 0. The molecule has 0 aromatic carbocycles. The van der Waals surface area contributed by atoms with Crippen molar-refractivity contribution in [2.45, 2.75) is 57.7 Å². The second-order valence-electron chi connectivity index (χ2n) is 3.93. The van der Waals surface area contributed by atoms with Gasteiger partial charge in [-0.15, -0.1) is 0 Å². The van der Waals surface area contributed by atoms with Gasteiger partial charge >= 0.3 is 0 Å². The van der Waals surface area contributed by atoms with E-state index in [1.807, 2.05) is 5.06 Å². The lowest BCUT2D eigenvalue weighted by Crippen LogP contribution is -2.44. The van der Waals surface area contributed by atoms with Gasteiger partial charge in [0.2, 0.25) is 0 Å². The Morgan fingerprint density at radius 3 is 2.29 bits per heavy atom. The average Bonchev–Trinajstić information content (AvgIpc) is 2.27. The highest BCUT2D eigenvalue weighted by Gasteiger charge is 2.26. The van der Waals surface area contributed by atoms with E-state index in [1.165, 1.54) is 32.1 Å². The molecule has 0 amide bonds. The molecule has 0 saturated heterocycles. The van der Waals surface area contributed by atoms with E-state index in [9.17, 15) is 0 Å². The first-order valence-corrected chi connectivity index (χ1v) is 5.68. The van der Waals surface area contributed by atoms with Crippen molar-refractivity contribution in [1.29, 1.82) is 0 Å². The van der Waals surface area contributed by atoms with Crippen LogP contribution in [-0.4, -0.2) is 31.6 Å². The van der Waals surface area contributed by atoms with Gasteiger partial charge in [-0.05, 0) is 19.3 Å². The van der Waals surface area contributed by atoms with Gasteiger partial charge in [0.05, 0.1) is 7.11 Å². The molecule has 1 aliphatic carbocycles. The minimum atomic E-state index is 0.114. The fourth-order valence-corrected chi connectivity index (χ4v) is 2.29. The summed E-state index contributed by atoms with van der Waals surface area (Å²) in [5.74, 6) is 0. The normalized spacial score (nSPS) is 21.4. The molecule has 1 unspecified atom stereocenters. The van der Waals surface area contributed by atoms with E-state index in [0.717, 1.165) is 6.42 Å². The van der Waals surface area contributed by atoms with E-state index in [2.05, 4.69) is 6.92 Å². The Labute approximate surface area is 87.3 Å². The third-order valence-electron chi connectivity index (χ3n) is 3.05. The molecule has 1 rings (SSSR count). The standard InChI is InChI=1S/C11H23NO2/c1-4-11(13-2)12(14-3)10-8-6-5-7-9-10/h10-11H,4-9H2,1-3H3. The van der Waals surface area contributed by atoms with Crippen molar-refractivity contribution in [1.82, 2.24) is 5.06 Å². The highest BCUT2D eigenvalue weighted by molar-refractivity contribution is 4.72. The van der Waals surface area contributed by atoms with Crippen LogP contribution in [0.2, 0.25) is 0 Å². The summed E-state index contributed by atoms with van der Waals surface area (Å²) >= 11 is 0. The SMILES string of the molecule is CCC(OC)N(OC)C1CCCCC1. The number of rotatable bonds is 5. The molecule has 1 saturated carbocycles. The van der Waals surface area contributed by atoms with E-state index in [4.69, 9.17) is 9.57 Å². The van der Waals surface area contributed by atoms with Crippen LogP contribution in [0.3, 0.4) is 0 Å². The van der Waals surface area contributed by atoms with Crippen molar-refractivity contribution >= 4 is 0 Å². The third-order valence-corrected chi connectivity index (χ3v) is 3.05. The zero-order valence-corrected chi connectivity index (χ0v) is 9.66. The van der Waals surface area contributed by atoms with Crippen LogP contribution in [0.1, 0.15) is 45.4 Å². The molecule has 1 fully saturated rings. The van der Waals surface area contributed by atoms with Gasteiger partial charge in [-0.25, -0.2) is 0 Å². The van der Waals surface area contributed by atoms with Gasteiger partial charge in [0.25, 0.3) is 0 Å². The molecular formula is C11H23NO2. The van der Waals surface area contributed by atoms with Gasteiger partial charge < -0.3 is 4.74 Å². The second-order valence-corrected chi connectivity index (χ2v) is 3.93. The van der Waals surface area contributed by atoms with Crippen LogP contribution in [0.5, 0.6) is 0 Å². The molecule has 3 nitrogen and oxygen atoms in total. The summed E-state index contributed by atoms with van der Waals surface area (Å²) in [6, 6.07) is 0.554. The van der Waals surface area contributed by atoms with Crippen LogP contribution in [0.25, 0.3) is 0 Å². The Bertz CT molecular complexity index is 142. The number of hydroxylamine groups is 2. The van der Waals surface area contributed by atoms with Crippen LogP contribution in [0.4, 0.5) is 0 Å². The molecule has 3 heteroatoms. The van der Waals surface area contributed by atoms with Crippen molar-refractivity contribution in [3.05, 3.63) is 0 Å². The van der Waals surface area contributed by atoms with Crippen molar-refractivity contribution in [2.24, 2.45) is 0 Å². The van der Waals surface area contributed by atoms with Crippen LogP contribution < -0.4 is 0 Å². The van der Waals surface area contributed by atoms with Crippen molar-refractivity contribution in [3.8, 4) is 0 Å². The molecule has 1 aliphatic rings. The zero-order chi connectivity index (χ0) is 10.4. The molecule has 84 valence electrons. The lowest BCUT2D eigenvalue weighted by atomic mass is 9.95. The van der Waals surface area contributed by atoms with Crippen molar-refractivity contribution < 1.29 is 9.57 Å². The van der Waals surface area contributed by atoms with Gasteiger partial charge in [-0.2, -0.15) is 5.06 Å². The Balaban J connectivity index is 2.49. The summed E-state index contributed by atoms with van der Waals surface area (Å²) in [6.07, 6.45) is 7.60. The van der Waals surface area contributed by atoms with E-state index >= 15 is 0 Å². The first-order valence-electron chi connectivity index (χ1n) is 5.68. The summed E-state index contributed by atoms with van der Waals surface area (Å²) in [5, 5.41) is 2.04. The number of methoxy groups -OCH3 is 1. The Hall–Kier alpha value is -0.120. The monoisotopic (exact) mass is 201 g/mol. The molecule has 0 heterocycles. The summed E-state index contributed by atoms with van der Waals surface area (Å²) in [4.78, 5) is 5.44. The lowest BCUT2D eigenvalue weighted by molar-refractivity contribution is -0.256. The quantitative estimate of drug-likeness (QED) is 0.504. The molecule has 0 spiro atoms. The topological polar surface area (TPSA) is 21.7 Å². The Kier molecular flexibility index (Phi) is 5.45. The maximum Gasteiger partial charge on any atom is 0.132 e. The predicted octanol–water partition coefficient (Wildman–Crippen LogP) is 2.57. The fraction of sp³-hybridized carbons (Fsp3) is 1.00. The fourth-order valence-electron chi connectivity index (χ4n) is 2.29. The number of nitrogens with zero attached hydrogens (tertiary/aromatic N) is 1. The van der Waals surface area contributed by atoms with Crippen molar-refractivity contribution in [3.63, 3.8) is 0 Å².